The lowest BCUT2D eigenvalue weighted by Gasteiger charge is -2.26. The molecule has 5 heteroatoms. The molecule has 0 saturated carbocycles. The molecular weight excluding hydrogens is 267 g/mol. The molecule has 0 aromatic heterocycles. The number of rotatable bonds is 4. The van der Waals surface area contributed by atoms with Crippen molar-refractivity contribution >= 4 is 5.57 Å². The van der Waals surface area contributed by atoms with Crippen molar-refractivity contribution in [3.8, 4) is 5.75 Å². The summed E-state index contributed by atoms with van der Waals surface area (Å²) in [5.74, 6) is -0.184. The molecule has 0 amide bonds. The fourth-order valence-corrected chi connectivity index (χ4v) is 2.27. The first-order chi connectivity index (χ1) is 9.48. The summed E-state index contributed by atoms with van der Waals surface area (Å²) in [6.45, 7) is 6.63. The van der Waals surface area contributed by atoms with E-state index >= 15 is 0 Å². The Bertz CT molecular complexity index is 465. The van der Waals surface area contributed by atoms with E-state index in [4.69, 9.17) is 0 Å². The third-order valence-electron chi connectivity index (χ3n) is 3.23. The molecule has 109 valence electrons. The van der Waals surface area contributed by atoms with Crippen molar-refractivity contribution in [2.24, 2.45) is 0 Å². The number of hydrogen-bond acceptors (Lipinski definition) is 2. The van der Waals surface area contributed by atoms with Crippen LogP contribution < -0.4 is 4.74 Å². The minimum atomic E-state index is -4.64. The number of halogens is 3. The predicted octanol–water partition coefficient (Wildman–Crippen LogP) is 3.90. The van der Waals surface area contributed by atoms with Gasteiger partial charge >= 0.3 is 6.36 Å². The fourth-order valence-electron chi connectivity index (χ4n) is 2.27. The van der Waals surface area contributed by atoms with Crippen LogP contribution in [0.3, 0.4) is 0 Å². The van der Waals surface area contributed by atoms with Gasteiger partial charge in [0, 0.05) is 13.1 Å². The van der Waals surface area contributed by atoms with E-state index in [0.29, 0.717) is 0 Å². The minimum Gasteiger partial charge on any atom is -0.406 e. The zero-order valence-electron chi connectivity index (χ0n) is 11.1. The molecule has 0 fully saturated rings. The van der Waals surface area contributed by atoms with Gasteiger partial charge in [-0.1, -0.05) is 25.1 Å². The normalized spacial score (nSPS) is 16.9. The van der Waals surface area contributed by atoms with Crippen molar-refractivity contribution in [1.82, 2.24) is 4.90 Å². The zero-order chi connectivity index (χ0) is 14.6. The van der Waals surface area contributed by atoms with Crippen molar-refractivity contribution in [2.45, 2.75) is 19.2 Å². The topological polar surface area (TPSA) is 12.5 Å². The lowest BCUT2D eigenvalue weighted by molar-refractivity contribution is -0.274. The average Bonchev–Trinajstić information content (AvgIpc) is 2.39. The molecule has 0 atom stereocenters. The summed E-state index contributed by atoms with van der Waals surface area (Å²) in [6.07, 6.45) is -0.731. The maximum atomic E-state index is 12.1. The molecule has 2 nitrogen and oxygen atoms in total. The molecule has 1 aromatic carbocycles. The van der Waals surface area contributed by atoms with Gasteiger partial charge in [0.05, 0.1) is 0 Å². The molecule has 0 aliphatic carbocycles. The number of nitrogens with zero attached hydrogens (tertiary/aromatic N) is 1. The van der Waals surface area contributed by atoms with Crippen LogP contribution in [0.4, 0.5) is 13.2 Å². The van der Waals surface area contributed by atoms with Gasteiger partial charge in [0.15, 0.2) is 0 Å². The second kappa shape index (κ2) is 6.31. The largest absolute Gasteiger partial charge is 0.573 e. The molecule has 1 radical (unpaired) electrons. The highest BCUT2D eigenvalue weighted by Crippen LogP contribution is 2.27. The first-order valence-corrected chi connectivity index (χ1v) is 6.55. The maximum Gasteiger partial charge on any atom is 0.573 e. The molecule has 0 N–H and O–H groups in total. The Morgan fingerprint density at radius 1 is 1.20 bits per heavy atom. The Kier molecular flexibility index (Phi) is 4.70. The van der Waals surface area contributed by atoms with Gasteiger partial charge in [0.25, 0.3) is 0 Å². The lowest BCUT2D eigenvalue weighted by Crippen LogP contribution is -2.29. The third-order valence-corrected chi connectivity index (χ3v) is 3.23. The Balaban J connectivity index is 2.00. The Morgan fingerprint density at radius 2 is 1.90 bits per heavy atom. The van der Waals surface area contributed by atoms with Crippen LogP contribution in [0.2, 0.25) is 0 Å². The summed E-state index contributed by atoms with van der Waals surface area (Å²) >= 11 is 0. The van der Waals surface area contributed by atoms with Gasteiger partial charge in [-0.3, -0.25) is 4.90 Å². The first kappa shape index (κ1) is 14.9. The average molecular weight is 284 g/mol. The van der Waals surface area contributed by atoms with E-state index < -0.39 is 6.36 Å². The maximum absolute atomic E-state index is 12.1. The van der Waals surface area contributed by atoms with E-state index in [1.807, 2.05) is 0 Å². The van der Waals surface area contributed by atoms with Crippen LogP contribution in [0.5, 0.6) is 5.75 Å². The van der Waals surface area contributed by atoms with Gasteiger partial charge < -0.3 is 4.74 Å². The summed E-state index contributed by atoms with van der Waals surface area (Å²) in [5.41, 5.74) is 2.12. The van der Waals surface area contributed by atoms with Crippen LogP contribution in [0.25, 0.3) is 5.57 Å². The van der Waals surface area contributed by atoms with Crippen molar-refractivity contribution < 1.29 is 17.9 Å². The highest BCUT2D eigenvalue weighted by molar-refractivity contribution is 5.67. The molecule has 1 aromatic rings. The number of benzene rings is 1. The quantitative estimate of drug-likeness (QED) is 0.831. The summed E-state index contributed by atoms with van der Waals surface area (Å²) < 4.78 is 40.1. The van der Waals surface area contributed by atoms with E-state index in [-0.39, 0.29) is 5.75 Å². The molecule has 2 rings (SSSR count). The highest BCUT2D eigenvalue weighted by atomic mass is 19.4. The van der Waals surface area contributed by atoms with Gasteiger partial charge in [-0.2, -0.15) is 0 Å². The second-order valence-corrected chi connectivity index (χ2v) is 4.71. The van der Waals surface area contributed by atoms with Crippen LogP contribution in [-0.2, 0) is 0 Å². The second-order valence-electron chi connectivity index (χ2n) is 4.71. The van der Waals surface area contributed by atoms with E-state index in [1.54, 1.807) is 12.1 Å². The molecule has 0 unspecified atom stereocenters. The molecule has 1 heterocycles. The Hall–Kier alpha value is -1.49. The van der Waals surface area contributed by atoms with Gasteiger partial charge in [-0.15, -0.1) is 13.2 Å². The van der Waals surface area contributed by atoms with E-state index in [0.717, 1.165) is 38.0 Å². The SMILES string of the molecule is [CH2]CCN1CC=C(c2ccc(OC(F)(F)F)cc2)CC1. The smallest absolute Gasteiger partial charge is 0.406 e. The summed E-state index contributed by atoms with van der Waals surface area (Å²) in [7, 11) is 0. The molecule has 0 saturated heterocycles. The van der Waals surface area contributed by atoms with E-state index in [9.17, 15) is 13.2 Å². The van der Waals surface area contributed by atoms with Crippen molar-refractivity contribution in [3.63, 3.8) is 0 Å². The van der Waals surface area contributed by atoms with Crippen LogP contribution in [0.15, 0.2) is 30.3 Å². The summed E-state index contributed by atoms with van der Waals surface area (Å²) in [6, 6.07) is 6.05. The predicted molar refractivity (Wildman–Crippen MR) is 72.1 cm³/mol. The summed E-state index contributed by atoms with van der Waals surface area (Å²) in [5, 5.41) is 0. The third kappa shape index (κ3) is 4.27. The lowest BCUT2D eigenvalue weighted by atomic mass is 9.99. The number of ether oxygens (including phenoxy) is 1. The van der Waals surface area contributed by atoms with Crippen molar-refractivity contribution in [1.29, 1.82) is 0 Å². The van der Waals surface area contributed by atoms with Gasteiger partial charge in [-0.05, 0) is 42.7 Å². The minimum absolute atomic E-state index is 0.184. The van der Waals surface area contributed by atoms with Crippen molar-refractivity contribution in [3.05, 3.63) is 42.8 Å². The molecule has 0 spiro atoms. The monoisotopic (exact) mass is 284 g/mol. The van der Waals surface area contributed by atoms with Gasteiger partial charge in [0.2, 0.25) is 0 Å². The van der Waals surface area contributed by atoms with E-state index in [2.05, 4.69) is 22.6 Å². The molecular formula is C15H17F3NO. The first-order valence-electron chi connectivity index (χ1n) is 6.55. The molecule has 1 aliphatic rings. The van der Waals surface area contributed by atoms with Crippen LogP contribution in [-0.4, -0.2) is 30.9 Å². The van der Waals surface area contributed by atoms with Crippen molar-refractivity contribution in [2.75, 3.05) is 19.6 Å². The number of alkyl halides is 3. The van der Waals surface area contributed by atoms with Crippen LogP contribution in [0, 0.1) is 6.92 Å². The molecule has 0 bridgehead atoms. The zero-order valence-corrected chi connectivity index (χ0v) is 11.1. The Morgan fingerprint density at radius 3 is 2.40 bits per heavy atom. The van der Waals surface area contributed by atoms with Crippen LogP contribution in [0.1, 0.15) is 18.4 Å². The number of hydrogen-bond donors (Lipinski definition) is 0. The summed E-state index contributed by atoms with van der Waals surface area (Å²) in [4.78, 5) is 2.30. The highest BCUT2D eigenvalue weighted by Gasteiger charge is 2.31. The standard InChI is InChI=1S/C15H17F3NO/c1-2-9-19-10-7-13(8-11-19)12-3-5-14(6-4-12)20-15(16,17)18/h3-7H,1-2,8-11H2. The van der Waals surface area contributed by atoms with Crippen LogP contribution >= 0.6 is 0 Å². The molecule has 20 heavy (non-hydrogen) atoms. The Labute approximate surface area is 116 Å². The van der Waals surface area contributed by atoms with Gasteiger partial charge in [-0.25, -0.2) is 0 Å². The van der Waals surface area contributed by atoms with E-state index in [1.165, 1.54) is 17.7 Å². The molecule has 1 aliphatic heterocycles. The fraction of sp³-hybridized carbons (Fsp3) is 0.400. The van der Waals surface area contributed by atoms with Gasteiger partial charge in [0.1, 0.15) is 5.75 Å².